The number of rotatable bonds is 5. The van der Waals surface area contributed by atoms with Crippen LogP contribution in [0.4, 0.5) is 18.9 Å². The SMILES string of the molecule is COc1cccc(N2CCN(C(=O)c3c(-c4ccc(OC(F)(F)F)cc4)noc3C)CC2)c1. The van der Waals surface area contributed by atoms with Crippen LogP contribution in [0.25, 0.3) is 11.3 Å². The van der Waals surface area contributed by atoms with Crippen molar-refractivity contribution in [3.05, 3.63) is 59.9 Å². The number of carbonyl (C=O) groups excluding carboxylic acids is 1. The average molecular weight is 461 g/mol. The van der Waals surface area contributed by atoms with Crippen LogP contribution in [-0.2, 0) is 0 Å². The van der Waals surface area contributed by atoms with Gasteiger partial charge >= 0.3 is 6.36 Å². The third kappa shape index (κ3) is 5.05. The molecule has 2 heterocycles. The summed E-state index contributed by atoms with van der Waals surface area (Å²) < 4.78 is 51.7. The lowest BCUT2D eigenvalue weighted by atomic mass is 10.0. The molecule has 0 N–H and O–H groups in total. The molecule has 33 heavy (non-hydrogen) atoms. The fourth-order valence-electron chi connectivity index (χ4n) is 3.77. The quantitative estimate of drug-likeness (QED) is 0.557. The monoisotopic (exact) mass is 461 g/mol. The van der Waals surface area contributed by atoms with Gasteiger partial charge in [-0.25, -0.2) is 0 Å². The smallest absolute Gasteiger partial charge is 0.497 e. The molecule has 0 saturated carbocycles. The Bertz CT molecular complexity index is 1120. The van der Waals surface area contributed by atoms with Crippen LogP contribution in [0.2, 0.25) is 0 Å². The topological polar surface area (TPSA) is 68.0 Å². The molecule has 1 aliphatic rings. The van der Waals surface area contributed by atoms with Crippen molar-refractivity contribution in [2.24, 2.45) is 0 Å². The number of alkyl halides is 3. The van der Waals surface area contributed by atoms with Gasteiger partial charge in [0.2, 0.25) is 0 Å². The summed E-state index contributed by atoms with van der Waals surface area (Å²) in [6, 6.07) is 12.9. The predicted octanol–water partition coefficient (Wildman–Crippen LogP) is 4.52. The molecule has 3 aromatic rings. The van der Waals surface area contributed by atoms with E-state index in [9.17, 15) is 18.0 Å². The second kappa shape index (κ2) is 9.05. The van der Waals surface area contributed by atoms with E-state index in [1.165, 1.54) is 24.3 Å². The Morgan fingerprint density at radius 2 is 1.73 bits per heavy atom. The summed E-state index contributed by atoms with van der Waals surface area (Å²) >= 11 is 0. The highest BCUT2D eigenvalue weighted by molar-refractivity contribution is 6.01. The van der Waals surface area contributed by atoms with Crippen molar-refractivity contribution in [2.75, 3.05) is 38.2 Å². The molecule has 0 radical (unpaired) electrons. The number of ether oxygens (including phenoxy) is 2. The Morgan fingerprint density at radius 1 is 1.03 bits per heavy atom. The van der Waals surface area contributed by atoms with Gasteiger partial charge in [0.1, 0.15) is 28.5 Å². The number of anilines is 1. The number of aryl methyl sites for hydroxylation is 1. The van der Waals surface area contributed by atoms with Gasteiger partial charge in [-0.05, 0) is 43.3 Å². The van der Waals surface area contributed by atoms with Crippen molar-refractivity contribution in [1.29, 1.82) is 0 Å². The Morgan fingerprint density at radius 3 is 2.36 bits per heavy atom. The third-order valence-electron chi connectivity index (χ3n) is 5.42. The maximum atomic E-state index is 13.3. The van der Waals surface area contributed by atoms with Crippen LogP contribution in [-0.4, -0.2) is 55.6 Å². The standard InChI is InChI=1S/C23H22F3N3O4/c1-15-20(21(27-33-15)16-6-8-18(9-7-16)32-23(24,25)26)22(30)29-12-10-28(11-13-29)17-4-3-5-19(14-17)31-2/h3-9,14H,10-13H2,1-2H3. The fraction of sp³-hybridized carbons (Fsp3) is 0.304. The highest BCUT2D eigenvalue weighted by Gasteiger charge is 2.32. The number of halogens is 3. The first kappa shape index (κ1) is 22.5. The molecule has 10 heteroatoms. The maximum Gasteiger partial charge on any atom is 0.573 e. The lowest BCUT2D eigenvalue weighted by Gasteiger charge is -2.36. The van der Waals surface area contributed by atoms with E-state index in [4.69, 9.17) is 9.26 Å². The molecule has 7 nitrogen and oxygen atoms in total. The highest BCUT2D eigenvalue weighted by Crippen LogP contribution is 2.30. The second-order valence-electron chi connectivity index (χ2n) is 7.52. The predicted molar refractivity (Wildman–Crippen MR) is 114 cm³/mol. The highest BCUT2D eigenvalue weighted by atomic mass is 19.4. The molecule has 1 saturated heterocycles. The van der Waals surface area contributed by atoms with Crippen molar-refractivity contribution in [2.45, 2.75) is 13.3 Å². The van der Waals surface area contributed by atoms with Gasteiger partial charge in [0, 0.05) is 43.5 Å². The lowest BCUT2D eigenvalue weighted by molar-refractivity contribution is -0.274. The molecule has 174 valence electrons. The summed E-state index contributed by atoms with van der Waals surface area (Å²) in [7, 11) is 1.62. The number of nitrogens with zero attached hydrogens (tertiary/aromatic N) is 3. The summed E-state index contributed by atoms with van der Waals surface area (Å²) in [6.07, 6.45) is -4.78. The first-order chi connectivity index (χ1) is 15.7. The maximum absolute atomic E-state index is 13.3. The lowest BCUT2D eigenvalue weighted by Crippen LogP contribution is -2.49. The molecule has 0 aliphatic carbocycles. The molecule has 1 amide bonds. The van der Waals surface area contributed by atoms with Gasteiger partial charge in [-0.3, -0.25) is 4.79 Å². The van der Waals surface area contributed by atoms with Crippen LogP contribution < -0.4 is 14.4 Å². The zero-order chi connectivity index (χ0) is 23.6. The molecule has 0 unspecified atom stereocenters. The minimum absolute atomic E-state index is 0.232. The number of aromatic nitrogens is 1. The van der Waals surface area contributed by atoms with Gasteiger partial charge < -0.3 is 23.8 Å². The van der Waals surface area contributed by atoms with Crippen LogP contribution in [0.3, 0.4) is 0 Å². The zero-order valence-corrected chi connectivity index (χ0v) is 18.1. The van der Waals surface area contributed by atoms with Crippen LogP contribution in [0.5, 0.6) is 11.5 Å². The summed E-state index contributed by atoms with van der Waals surface area (Å²) in [6.45, 7) is 3.92. The third-order valence-corrected chi connectivity index (χ3v) is 5.42. The van der Waals surface area contributed by atoms with E-state index in [2.05, 4.69) is 14.8 Å². The Hall–Kier alpha value is -3.69. The van der Waals surface area contributed by atoms with E-state index in [0.717, 1.165) is 11.4 Å². The van der Waals surface area contributed by atoms with Gasteiger partial charge in [-0.1, -0.05) is 11.2 Å². The Kier molecular flexibility index (Phi) is 6.17. The van der Waals surface area contributed by atoms with Crippen molar-refractivity contribution in [3.63, 3.8) is 0 Å². The minimum Gasteiger partial charge on any atom is -0.497 e. The number of methoxy groups -OCH3 is 1. The van der Waals surface area contributed by atoms with E-state index in [1.807, 2.05) is 24.3 Å². The van der Waals surface area contributed by atoms with Crippen LogP contribution in [0.15, 0.2) is 53.1 Å². The van der Waals surface area contributed by atoms with Gasteiger partial charge in [0.25, 0.3) is 5.91 Å². The first-order valence-corrected chi connectivity index (χ1v) is 10.3. The van der Waals surface area contributed by atoms with Gasteiger partial charge in [-0.15, -0.1) is 13.2 Å². The molecule has 0 spiro atoms. The molecule has 4 rings (SSSR count). The average Bonchev–Trinajstić information content (AvgIpc) is 3.19. The molecule has 0 atom stereocenters. The normalized spacial score (nSPS) is 14.3. The van der Waals surface area contributed by atoms with Crippen LogP contribution >= 0.6 is 0 Å². The minimum atomic E-state index is -4.78. The van der Waals surface area contributed by atoms with Crippen molar-refractivity contribution in [1.82, 2.24) is 10.1 Å². The molecule has 1 fully saturated rings. The fourth-order valence-corrected chi connectivity index (χ4v) is 3.77. The molecular formula is C23H22F3N3O4. The summed E-state index contributed by atoms with van der Waals surface area (Å²) in [4.78, 5) is 17.2. The van der Waals surface area contributed by atoms with E-state index in [-0.39, 0.29) is 17.4 Å². The molecular weight excluding hydrogens is 439 g/mol. The second-order valence-corrected chi connectivity index (χ2v) is 7.52. The number of carbonyl (C=O) groups is 1. The largest absolute Gasteiger partial charge is 0.573 e. The number of amides is 1. The molecule has 1 aromatic heterocycles. The number of piperazine rings is 1. The summed E-state index contributed by atoms with van der Waals surface area (Å²) in [5, 5.41) is 3.98. The summed E-state index contributed by atoms with van der Waals surface area (Å²) in [5.41, 5.74) is 2.06. The summed E-state index contributed by atoms with van der Waals surface area (Å²) in [5.74, 6) is 0.529. The van der Waals surface area contributed by atoms with Crippen LogP contribution in [0.1, 0.15) is 16.1 Å². The van der Waals surface area contributed by atoms with E-state index in [1.54, 1.807) is 18.9 Å². The van der Waals surface area contributed by atoms with Crippen molar-refractivity contribution < 1.29 is 32.0 Å². The van der Waals surface area contributed by atoms with E-state index >= 15 is 0 Å². The van der Waals surface area contributed by atoms with E-state index in [0.29, 0.717) is 43.1 Å². The van der Waals surface area contributed by atoms with Crippen molar-refractivity contribution in [3.8, 4) is 22.8 Å². The number of hydrogen-bond donors (Lipinski definition) is 0. The van der Waals surface area contributed by atoms with Crippen molar-refractivity contribution >= 4 is 11.6 Å². The number of benzene rings is 2. The van der Waals surface area contributed by atoms with Gasteiger partial charge in [-0.2, -0.15) is 0 Å². The van der Waals surface area contributed by atoms with Crippen LogP contribution in [0, 0.1) is 6.92 Å². The molecule has 0 bridgehead atoms. The van der Waals surface area contributed by atoms with E-state index < -0.39 is 6.36 Å². The van der Waals surface area contributed by atoms with Gasteiger partial charge in [0.05, 0.1) is 7.11 Å². The first-order valence-electron chi connectivity index (χ1n) is 10.3. The Balaban J connectivity index is 1.48. The van der Waals surface area contributed by atoms with Gasteiger partial charge in [0.15, 0.2) is 0 Å². The molecule has 2 aromatic carbocycles. The Labute approximate surface area is 188 Å². The number of hydrogen-bond acceptors (Lipinski definition) is 6. The molecule has 1 aliphatic heterocycles. The zero-order valence-electron chi connectivity index (χ0n) is 18.1.